The third-order valence-electron chi connectivity index (χ3n) is 5.79. The van der Waals surface area contributed by atoms with Crippen LogP contribution >= 0.6 is 0 Å². The summed E-state index contributed by atoms with van der Waals surface area (Å²) in [6.07, 6.45) is 11.2. The standard InChI is InChI=1S/C17H32N2O2/c1-18-12-7-4-8-15(18)9-13-19(2)17(14-16(20)21)10-5-3-6-11-17/h15H,3-14H2,1-2H3,(H,20,21). The van der Waals surface area contributed by atoms with Crippen LogP contribution in [-0.2, 0) is 4.79 Å². The van der Waals surface area contributed by atoms with E-state index in [1.54, 1.807) is 0 Å². The average Bonchev–Trinajstić information content (AvgIpc) is 2.46. The van der Waals surface area contributed by atoms with E-state index in [1.165, 1.54) is 51.5 Å². The minimum atomic E-state index is -0.640. The Balaban J connectivity index is 1.91. The Labute approximate surface area is 129 Å². The summed E-state index contributed by atoms with van der Waals surface area (Å²) >= 11 is 0. The molecule has 1 heterocycles. The average molecular weight is 296 g/mol. The normalized spacial score (nSPS) is 26.9. The number of carboxylic acid groups (broad SMARTS) is 1. The van der Waals surface area contributed by atoms with Crippen LogP contribution in [0.4, 0.5) is 0 Å². The fourth-order valence-corrected chi connectivity index (χ4v) is 4.27. The topological polar surface area (TPSA) is 43.8 Å². The second-order valence-corrected chi connectivity index (χ2v) is 7.20. The van der Waals surface area contributed by atoms with Crippen molar-refractivity contribution in [1.29, 1.82) is 0 Å². The van der Waals surface area contributed by atoms with Gasteiger partial charge in [0.1, 0.15) is 0 Å². The minimum Gasteiger partial charge on any atom is -0.481 e. The molecule has 0 amide bonds. The van der Waals surface area contributed by atoms with Crippen LogP contribution in [0.1, 0.15) is 64.2 Å². The van der Waals surface area contributed by atoms with E-state index in [2.05, 4.69) is 23.9 Å². The van der Waals surface area contributed by atoms with E-state index in [4.69, 9.17) is 0 Å². The molecule has 0 aromatic heterocycles. The van der Waals surface area contributed by atoms with Gasteiger partial charge in [0.25, 0.3) is 0 Å². The number of piperidine rings is 1. The molecule has 0 aromatic carbocycles. The van der Waals surface area contributed by atoms with Crippen molar-refractivity contribution in [2.45, 2.75) is 75.8 Å². The molecule has 1 unspecified atom stereocenters. The lowest BCUT2D eigenvalue weighted by atomic mass is 9.78. The van der Waals surface area contributed by atoms with E-state index >= 15 is 0 Å². The maximum absolute atomic E-state index is 11.3. The predicted octanol–water partition coefficient (Wildman–Crippen LogP) is 2.97. The monoisotopic (exact) mass is 296 g/mol. The molecule has 0 aromatic rings. The van der Waals surface area contributed by atoms with Gasteiger partial charge in [-0.1, -0.05) is 25.7 Å². The number of rotatable bonds is 6. The van der Waals surface area contributed by atoms with E-state index in [9.17, 15) is 9.90 Å². The Hall–Kier alpha value is -0.610. The van der Waals surface area contributed by atoms with Crippen molar-refractivity contribution in [3.63, 3.8) is 0 Å². The van der Waals surface area contributed by atoms with Gasteiger partial charge >= 0.3 is 5.97 Å². The molecule has 1 aliphatic heterocycles. The molecule has 1 saturated carbocycles. The zero-order valence-corrected chi connectivity index (χ0v) is 13.8. The second-order valence-electron chi connectivity index (χ2n) is 7.20. The lowest BCUT2D eigenvalue weighted by molar-refractivity contribution is -0.141. The van der Waals surface area contributed by atoms with E-state index < -0.39 is 5.97 Å². The Morgan fingerprint density at radius 2 is 1.95 bits per heavy atom. The lowest BCUT2D eigenvalue weighted by Crippen LogP contribution is -2.51. The summed E-state index contributed by atoms with van der Waals surface area (Å²) in [5.41, 5.74) is -0.0860. The van der Waals surface area contributed by atoms with Gasteiger partial charge in [-0.15, -0.1) is 0 Å². The Kier molecular flexibility index (Phi) is 6.06. The van der Waals surface area contributed by atoms with Gasteiger partial charge in [-0.3, -0.25) is 4.79 Å². The van der Waals surface area contributed by atoms with Crippen molar-refractivity contribution in [3.8, 4) is 0 Å². The highest BCUT2D eigenvalue weighted by Gasteiger charge is 2.38. The molecule has 4 nitrogen and oxygen atoms in total. The number of hydrogen-bond donors (Lipinski definition) is 1. The molecule has 21 heavy (non-hydrogen) atoms. The summed E-state index contributed by atoms with van der Waals surface area (Å²) in [6.45, 7) is 2.25. The molecule has 4 heteroatoms. The fraction of sp³-hybridized carbons (Fsp3) is 0.941. The maximum Gasteiger partial charge on any atom is 0.305 e. The number of nitrogens with zero attached hydrogens (tertiary/aromatic N) is 2. The predicted molar refractivity (Wildman–Crippen MR) is 85.6 cm³/mol. The van der Waals surface area contributed by atoms with Crippen LogP contribution in [0, 0.1) is 0 Å². The van der Waals surface area contributed by atoms with E-state index in [1.807, 2.05) is 0 Å². The number of carboxylic acids is 1. The zero-order valence-electron chi connectivity index (χ0n) is 13.8. The van der Waals surface area contributed by atoms with Crippen LogP contribution in [0.3, 0.4) is 0 Å². The lowest BCUT2D eigenvalue weighted by Gasteiger charge is -2.45. The molecular formula is C17H32N2O2. The first kappa shape index (κ1) is 16.8. The SMILES string of the molecule is CN1CCCCC1CCN(C)C1(CC(=O)O)CCCCC1. The molecule has 0 radical (unpaired) electrons. The highest BCUT2D eigenvalue weighted by atomic mass is 16.4. The maximum atomic E-state index is 11.3. The van der Waals surface area contributed by atoms with Crippen LogP contribution in [0.2, 0.25) is 0 Å². The fourth-order valence-electron chi connectivity index (χ4n) is 4.27. The Morgan fingerprint density at radius 3 is 2.57 bits per heavy atom. The van der Waals surface area contributed by atoms with E-state index in [0.717, 1.165) is 19.4 Å². The molecule has 2 rings (SSSR count). The van der Waals surface area contributed by atoms with E-state index in [-0.39, 0.29) is 5.54 Å². The smallest absolute Gasteiger partial charge is 0.305 e. The summed E-state index contributed by atoms with van der Waals surface area (Å²) < 4.78 is 0. The molecule has 0 spiro atoms. The van der Waals surface area contributed by atoms with Gasteiger partial charge in [0, 0.05) is 11.6 Å². The molecule has 1 aliphatic carbocycles. The van der Waals surface area contributed by atoms with Crippen molar-refractivity contribution in [2.75, 3.05) is 27.2 Å². The van der Waals surface area contributed by atoms with Gasteiger partial charge < -0.3 is 14.9 Å². The van der Waals surface area contributed by atoms with Gasteiger partial charge in [0.15, 0.2) is 0 Å². The zero-order chi connectivity index (χ0) is 15.3. The summed E-state index contributed by atoms with van der Waals surface area (Å²) in [4.78, 5) is 16.2. The summed E-state index contributed by atoms with van der Waals surface area (Å²) in [5, 5.41) is 9.30. The highest BCUT2D eigenvalue weighted by molar-refractivity contribution is 5.68. The molecule has 122 valence electrons. The van der Waals surface area contributed by atoms with Gasteiger partial charge in [-0.2, -0.15) is 0 Å². The molecule has 2 fully saturated rings. The first-order valence-electron chi connectivity index (χ1n) is 8.67. The van der Waals surface area contributed by atoms with Crippen molar-refractivity contribution >= 4 is 5.97 Å². The quantitative estimate of drug-likeness (QED) is 0.818. The van der Waals surface area contributed by atoms with Gasteiger partial charge in [-0.05, 0) is 59.3 Å². The van der Waals surface area contributed by atoms with Crippen LogP contribution < -0.4 is 0 Å². The molecular weight excluding hydrogens is 264 g/mol. The molecule has 1 saturated heterocycles. The Morgan fingerprint density at radius 1 is 1.24 bits per heavy atom. The summed E-state index contributed by atoms with van der Waals surface area (Å²) in [7, 11) is 4.38. The number of hydrogen-bond acceptors (Lipinski definition) is 3. The number of aliphatic carboxylic acids is 1. The van der Waals surface area contributed by atoms with Crippen LogP contribution in [0.5, 0.6) is 0 Å². The van der Waals surface area contributed by atoms with Crippen molar-refractivity contribution in [2.24, 2.45) is 0 Å². The van der Waals surface area contributed by atoms with Crippen LogP contribution in [-0.4, -0.2) is 59.6 Å². The summed E-state index contributed by atoms with van der Waals surface area (Å²) in [6, 6.07) is 0.687. The first-order valence-corrected chi connectivity index (χ1v) is 8.67. The molecule has 1 atom stereocenters. The van der Waals surface area contributed by atoms with Crippen molar-refractivity contribution in [1.82, 2.24) is 9.80 Å². The number of likely N-dealkylation sites (tertiary alicyclic amines) is 1. The number of carbonyl (C=O) groups is 1. The van der Waals surface area contributed by atoms with Gasteiger partial charge in [-0.25, -0.2) is 0 Å². The van der Waals surface area contributed by atoms with Gasteiger partial charge in [0.05, 0.1) is 6.42 Å². The minimum absolute atomic E-state index is 0.0860. The Bertz CT molecular complexity index is 340. The summed E-state index contributed by atoms with van der Waals surface area (Å²) in [5.74, 6) is -0.640. The third kappa shape index (κ3) is 4.43. The largest absolute Gasteiger partial charge is 0.481 e. The van der Waals surface area contributed by atoms with Gasteiger partial charge in [0.2, 0.25) is 0 Å². The van der Waals surface area contributed by atoms with Crippen molar-refractivity contribution < 1.29 is 9.90 Å². The molecule has 1 N–H and O–H groups in total. The first-order chi connectivity index (χ1) is 10.0. The highest BCUT2D eigenvalue weighted by Crippen LogP contribution is 2.36. The van der Waals surface area contributed by atoms with Crippen LogP contribution in [0.15, 0.2) is 0 Å². The van der Waals surface area contributed by atoms with Crippen molar-refractivity contribution in [3.05, 3.63) is 0 Å². The van der Waals surface area contributed by atoms with Crippen LogP contribution in [0.25, 0.3) is 0 Å². The van der Waals surface area contributed by atoms with E-state index in [0.29, 0.717) is 12.5 Å². The second kappa shape index (κ2) is 7.59. The molecule has 0 bridgehead atoms. The third-order valence-corrected chi connectivity index (χ3v) is 5.79. The molecule has 2 aliphatic rings.